The van der Waals surface area contributed by atoms with Gasteiger partial charge in [-0.1, -0.05) is 0 Å². The van der Waals surface area contributed by atoms with Crippen LogP contribution in [0.2, 0.25) is 0 Å². The van der Waals surface area contributed by atoms with Gasteiger partial charge in [-0.05, 0) is 46.5 Å². The van der Waals surface area contributed by atoms with E-state index in [1.165, 1.54) is 17.4 Å². The fraction of sp³-hybridized carbons (Fsp3) is 0.650. The van der Waals surface area contributed by atoms with Crippen LogP contribution in [0.4, 0.5) is 5.69 Å². The van der Waals surface area contributed by atoms with Crippen molar-refractivity contribution in [2.75, 3.05) is 11.9 Å². The summed E-state index contributed by atoms with van der Waals surface area (Å²) >= 11 is 1.70. The van der Waals surface area contributed by atoms with E-state index in [9.17, 15) is 9.59 Å². The molecule has 4 rings (SSSR count). The number of aryl methyl sites for hydroxylation is 2. The Morgan fingerprint density at radius 1 is 1.31 bits per heavy atom. The molecule has 0 saturated heterocycles. The van der Waals surface area contributed by atoms with E-state index in [0.717, 1.165) is 22.9 Å². The molecule has 0 bridgehead atoms. The molecule has 1 saturated carbocycles. The number of nitrogens with one attached hydrogen (secondary N) is 1. The first-order valence-corrected chi connectivity index (χ1v) is 11.0. The third kappa shape index (κ3) is 4.66. The molecule has 3 heterocycles. The summed E-state index contributed by atoms with van der Waals surface area (Å²) in [5, 5.41) is 13.9. The molecule has 0 amide bonds. The second kappa shape index (κ2) is 7.85. The number of hydrogen-bond donors (Lipinski definition) is 1. The molecule has 29 heavy (non-hydrogen) atoms. The number of rotatable bonds is 7. The zero-order valence-electron chi connectivity index (χ0n) is 17.1. The Morgan fingerprint density at radius 2 is 2.10 bits per heavy atom. The smallest absolute Gasteiger partial charge is 0.329 e. The zero-order valence-corrected chi connectivity index (χ0v) is 17.9. The molecule has 1 N–H and O–H groups in total. The Labute approximate surface area is 173 Å². The van der Waals surface area contributed by atoms with Crippen molar-refractivity contribution in [1.82, 2.24) is 19.7 Å². The molecule has 9 heteroatoms. The first-order chi connectivity index (χ1) is 13.8. The summed E-state index contributed by atoms with van der Waals surface area (Å²) in [4.78, 5) is 29.8. The Kier molecular flexibility index (Phi) is 5.42. The Hall–Kier alpha value is -2.29. The van der Waals surface area contributed by atoms with Crippen molar-refractivity contribution in [3.05, 3.63) is 32.4 Å². The monoisotopic (exact) mass is 417 g/mol. The first-order valence-electron chi connectivity index (χ1n) is 10.2. The van der Waals surface area contributed by atoms with Gasteiger partial charge in [-0.2, -0.15) is 0 Å². The molecule has 8 nitrogen and oxygen atoms in total. The van der Waals surface area contributed by atoms with Crippen molar-refractivity contribution in [1.29, 1.82) is 0 Å². The van der Waals surface area contributed by atoms with Gasteiger partial charge in [-0.25, -0.2) is 9.78 Å². The lowest BCUT2D eigenvalue weighted by Gasteiger charge is -2.23. The molecule has 0 spiro atoms. The van der Waals surface area contributed by atoms with Crippen LogP contribution < -0.4 is 10.9 Å². The van der Waals surface area contributed by atoms with Crippen LogP contribution in [0.5, 0.6) is 0 Å². The summed E-state index contributed by atoms with van der Waals surface area (Å²) in [5.74, 6) is 0.896. The van der Waals surface area contributed by atoms with Crippen LogP contribution in [0.1, 0.15) is 74.3 Å². The van der Waals surface area contributed by atoms with E-state index in [-0.39, 0.29) is 11.5 Å². The highest BCUT2D eigenvalue weighted by Gasteiger charge is 2.34. The molecule has 0 radical (unpaired) electrons. The fourth-order valence-corrected chi connectivity index (χ4v) is 4.50. The molecule has 1 aliphatic heterocycles. The highest BCUT2D eigenvalue weighted by molar-refractivity contribution is 7.11. The number of carbonyl (C=O) groups excluding carboxylic acids is 1. The van der Waals surface area contributed by atoms with E-state index < -0.39 is 11.6 Å². The molecule has 2 aromatic rings. The highest BCUT2D eigenvalue weighted by atomic mass is 32.1. The zero-order chi connectivity index (χ0) is 20.6. The van der Waals surface area contributed by atoms with Crippen molar-refractivity contribution in [3.63, 3.8) is 0 Å². The molecule has 156 valence electrons. The van der Waals surface area contributed by atoms with Gasteiger partial charge in [0.1, 0.15) is 33.2 Å². The van der Waals surface area contributed by atoms with Gasteiger partial charge in [0, 0.05) is 25.3 Å². The number of hydrogen-bond acceptors (Lipinski definition) is 8. The van der Waals surface area contributed by atoms with Gasteiger partial charge in [0.15, 0.2) is 0 Å². The number of fused-ring (bicyclic) bond motifs is 1. The highest BCUT2D eigenvalue weighted by Crippen LogP contribution is 2.41. The lowest BCUT2D eigenvalue weighted by atomic mass is 10.1. The van der Waals surface area contributed by atoms with Crippen molar-refractivity contribution in [2.24, 2.45) is 0 Å². The molecule has 0 unspecified atom stereocenters. The van der Waals surface area contributed by atoms with E-state index in [1.807, 2.05) is 20.8 Å². The fourth-order valence-electron chi connectivity index (χ4n) is 3.44. The second-order valence-corrected chi connectivity index (χ2v) is 9.78. The SMILES string of the molecule is CC(C)(C)OC(=O)[C@@H]1CCc2ncc(NCCCc3nnc(C4CC4)s3)c(=O)n21. The minimum atomic E-state index is -0.604. The molecule has 2 aromatic heterocycles. The molecular weight excluding hydrogens is 390 g/mol. The molecule has 1 atom stereocenters. The van der Waals surface area contributed by atoms with Crippen LogP contribution in [-0.2, 0) is 22.4 Å². The van der Waals surface area contributed by atoms with E-state index in [2.05, 4.69) is 20.5 Å². The number of carbonyl (C=O) groups is 1. The second-order valence-electron chi connectivity index (χ2n) is 8.69. The van der Waals surface area contributed by atoms with Crippen LogP contribution in [0.3, 0.4) is 0 Å². The van der Waals surface area contributed by atoms with Gasteiger partial charge in [-0.3, -0.25) is 9.36 Å². The van der Waals surface area contributed by atoms with Crippen LogP contribution in [-0.4, -0.2) is 37.9 Å². The molecule has 1 fully saturated rings. The van der Waals surface area contributed by atoms with Crippen LogP contribution in [0.15, 0.2) is 11.0 Å². The van der Waals surface area contributed by atoms with E-state index in [4.69, 9.17) is 4.74 Å². The minimum Gasteiger partial charge on any atom is -0.458 e. The number of nitrogens with zero attached hydrogens (tertiary/aromatic N) is 4. The van der Waals surface area contributed by atoms with Gasteiger partial charge in [0.25, 0.3) is 5.56 Å². The maximum absolute atomic E-state index is 12.9. The van der Waals surface area contributed by atoms with Gasteiger partial charge in [0.2, 0.25) is 0 Å². The maximum Gasteiger partial charge on any atom is 0.329 e. The average molecular weight is 418 g/mol. The quantitative estimate of drug-likeness (QED) is 0.546. The van der Waals surface area contributed by atoms with Crippen LogP contribution in [0.25, 0.3) is 0 Å². The largest absolute Gasteiger partial charge is 0.458 e. The first kappa shape index (κ1) is 20.0. The summed E-state index contributed by atoms with van der Waals surface area (Å²) in [5.41, 5.74) is -0.382. The van der Waals surface area contributed by atoms with E-state index in [1.54, 1.807) is 17.5 Å². The summed E-state index contributed by atoms with van der Waals surface area (Å²) in [6.07, 6.45) is 6.85. The minimum absolute atomic E-state index is 0.213. The lowest BCUT2D eigenvalue weighted by Crippen LogP contribution is -2.34. The number of esters is 1. The summed E-state index contributed by atoms with van der Waals surface area (Å²) in [6.45, 7) is 6.10. The Balaban J connectivity index is 1.37. The van der Waals surface area contributed by atoms with Crippen molar-refractivity contribution < 1.29 is 9.53 Å². The van der Waals surface area contributed by atoms with Crippen molar-refractivity contribution in [3.8, 4) is 0 Å². The van der Waals surface area contributed by atoms with E-state index in [0.29, 0.717) is 36.8 Å². The Morgan fingerprint density at radius 3 is 2.83 bits per heavy atom. The topological polar surface area (TPSA) is 99.0 Å². The maximum atomic E-state index is 12.9. The number of anilines is 1. The van der Waals surface area contributed by atoms with Gasteiger partial charge in [-0.15, -0.1) is 21.5 Å². The van der Waals surface area contributed by atoms with E-state index >= 15 is 0 Å². The predicted octanol–water partition coefficient (Wildman–Crippen LogP) is 2.85. The normalized spacial score (nSPS) is 18.5. The molecule has 1 aliphatic carbocycles. The summed E-state index contributed by atoms with van der Waals surface area (Å²) in [6, 6.07) is -0.604. The average Bonchev–Trinajstić information content (AvgIpc) is 3.22. The third-order valence-corrected chi connectivity index (χ3v) is 6.14. The van der Waals surface area contributed by atoms with Crippen LogP contribution >= 0.6 is 11.3 Å². The van der Waals surface area contributed by atoms with Gasteiger partial charge in [0.05, 0.1) is 6.20 Å². The van der Waals surface area contributed by atoms with Crippen molar-refractivity contribution in [2.45, 2.75) is 76.9 Å². The van der Waals surface area contributed by atoms with Gasteiger partial charge < -0.3 is 10.1 Å². The molecule has 2 aliphatic rings. The predicted molar refractivity (Wildman–Crippen MR) is 110 cm³/mol. The molecule has 0 aromatic carbocycles. The third-order valence-electron chi connectivity index (χ3n) is 4.99. The Bertz CT molecular complexity index is 958. The standard InChI is InChI=1S/C20H27N5O3S/c1-20(2,3)28-19(27)14-8-9-15-22-11-13(18(26)25(14)15)21-10-4-5-16-23-24-17(29-16)12-6-7-12/h11-12,14,21H,4-10H2,1-3H3/t14-/m0/s1. The van der Waals surface area contributed by atoms with Crippen molar-refractivity contribution >= 4 is 23.0 Å². The summed E-state index contributed by atoms with van der Waals surface area (Å²) in [7, 11) is 0. The lowest BCUT2D eigenvalue weighted by molar-refractivity contribution is -0.158. The van der Waals surface area contributed by atoms with Gasteiger partial charge >= 0.3 is 5.97 Å². The number of aromatic nitrogens is 4. The molecular formula is C20H27N5O3S. The summed E-state index contributed by atoms with van der Waals surface area (Å²) < 4.78 is 6.97. The van der Waals surface area contributed by atoms with Crippen LogP contribution in [0, 0.1) is 0 Å². The number of ether oxygens (including phenoxy) is 1.